The highest BCUT2D eigenvalue weighted by molar-refractivity contribution is 9.10. The van der Waals surface area contributed by atoms with E-state index in [1.807, 2.05) is 79.7 Å². The lowest BCUT2D eigenvalue weighted by Crippen LogP contribution is -2.42. The van der Waals surface area contributed by atoms with Gasteiger partial charge in [-0.1, -0.05) is 51.5 Å². The number of aromatic nitrogens is 1. The van der Waals surface area contributed by atoms with Crippen LogP contribution in [-0.4, -0.2) is 34.6 Å². The van der Waals surface area contributed by atoms with Crippen LogP contribution in [0.2, 0.25) is 0 Å². The Morgan fingerprint density at radius 3 is 2.47 bits per heavy atom. The second kappa shape index (κ2) is 11.0. The minimum atomic E-state index is -0.359. The Morgan fingerprint density at radius 1 is 1.00 bits per heavy atom. The molecule has 3 aromatic carbocycles. The number of rotatable bonds is 6. The van der Waals surface area contributed by atoms with E-state index in [1.54, 1.807) is 11.8 Å². The Hall–Kier alpha value is -3.67. The van der Waals surface area contributed by atoms with Crippen molar-refractivity contribution in [1.82, 2.24) is 4.98 Å². The lowest BCUT2D eigenvalue weighted by Gasteiger charge is -2.43. The molecule has 4 aromatic rings. The summed E-state index contributed by atoms with van der Waals surface area (Å²) in [5, 5.41) is 3.84. The third-order valence-corrected chi connectivity index (χ3v) is 12.8. The van der Waals surface area contributed by atoms with Crippen LogP contribution in [0.25, 0.3) is 0 Å². The number of fused-ring (bicyclic) bond motifs is 9. The molecule has 1 saturated heterocycles. The number of benzene rings is 3. The molecule has 2 bridgehead atoms. The summed E-state index contributed by atoms with van der Waals surface area (Å²) in [4.78, 5) is 58.1. The van der Waals surface area contributed by atoms with Crippen molar-refractivity contribution in [2.45, 2.75) is 29.5 Å². The number of thioether (sulfide) groups is 1. The number of aryl methyl sites for hydroxylation is 1. The van der Waals surface area contributed by atoms with Gasteiger partial charge in [-0.3, -0.25) is 24.1 Å². The number of carbonyl (C=O) groups excluding carboxylic acids is 3. The van der Waals surface area contributed by atoms with Crippen LogP contribution in [0.4, 0.5) is 11.4 Å². The van der Waals surface area contributed by atoms with Gasteiger partial charge in [-0.15, -0.1) is 11.8 Å². The molecule has 3 amide bonds. The molecule has 8 nitrogen and oxygen atoms in total. The number of thiazole rings is 1. The van der Waals surface area contributed by atoms with E-state index in [2.05, 4.69) is 26.2 Å². The number of halogens is 1. The van der Waals surface area contributed by atoms with Crippen LogP contribution in [-0.2, 0) is 14.4 Å². The van der Waals surface area contributed by atoms with E-state index in [-0.39, 0.29) is 70.0 Å². The van der Waals surface area contributed by atoms with Crippen molar-refractivity contribution in [3.05, 3.63) is 103 Å². The van der Waals surface area contributed by atoms with Gasteiger partial charge in [-0.25, -0.2) is 0 Å². The van der Waals surface area contributed by atoms with Crippen LogP contribution in [0.1, 0.15) is 28.3 Å². The van der Waals surface area contributed by atoms with E-state index in [0.29, 0.717) is 11.4 Å². The van der Waals surface area contributed by atoms with Gasteiger partial charge < -0.3 is 15.0 Å². The molecule has 11 heteroatoms. The smallest absolute Gasteiger partial charge is 0.305 e. The monoisotopic (exact) mass is 701 g/mol. The van der Waals surface area contributed by atoms with Crippen molar-refractivity contribution in [2.24, 2.45) is 29.6 Å². The highest BCUT2D eigenvalue weighted by atomic mass is 79.9. The van der Waals surface area contributed by atoms with Crippen LogP contribution in [0.3, 0.4) is 0 Å². The molecule has 2 aliphatic heterocycles. The number of hydrogen-bond acceptors (Lipinski definition) is 7. The molecule has 0 spiro atoms. The second-order valence-corrected chi connectivity index (χ2v) is 15.3. The number of anilines is 2. The van der Waals surface area contributed by atoms with E-state index in [0.717, 1.165) is 37.6 Å². The largest absolute Gasteiger partial charge is 0.484 e. The highest BCUT2D eigenvalue weighted by Crippen LogP contribution is 2.68. The number of amides is 3. The number of ether oxygens (including phenoxy) is 1. The molecule has 4 aliphatic rings. The number of carbonyl (C=O) groups is 3. The molecule has 0 radical (unpaired) electrons. The summed E-state index contributed by atoms with van der Waals surface area (Å²) in [5.74, 6) is -0.484. The molecule has 4 unspecified atom stereocenters. The summed E-state index contributed by atoms with van der Waals surface area (Å²) in [6.45, 7) is 1.84. The molecule has 8 rings (SSSR count). The summed E-state index contributed by atoms with van der Waals surface area (Å²) in [6.07, 6.45) is 0.830. The topological polar surface area (TPSA) is 109 Å². The molecule has 3 fully saturated rings. The van der Waals surface area contributed by atoms with Crippen LogP contribution in [0, 0.1) is 36.5 Å². The SMILES string of the molecule is Cc1cccc(NC(=O)COc2ccc([C@H]3c4sc(=O)[nH]c4SC4C3[C@H]3C[C@@H]4C4C(=O)N(c5ccc(Br)cc5)C(=O)C43)cc2)c1. The zero-order chi connectivity index (χ0) is 31.0. The molecule has 7 atom stereocenters. The molecule has 3 heterocycles. The van der Waals surface area contributed by atoms with E-state index >= 15 is 0 Å². The first kappa shape index (κ1) is 28.8. The fraction of sp³-hybridized carbons (Fsp3) is 0.294. The average Bonchev–Trinajstić information content (AvgIpc) is 3.76. The summed E-state index contributed by atoms with van der Waals surface area (Å²) in [7, 11) is 0. The number of nitrogens with zero attached hydrogens (tertiary/aromatic N) is 1. The van der Waals surface area contributed by atoms with Crippen molar-refractivity contribution < 1.29 is 19.1 Å². The first-order valence-corrected chi connectivity index (χ1v) is 17.4. The maximum Gasteiger partial charge on any atom is 0.305 e. The summed E-state index contributed by atoms with van der Waals surface area (Å²) >= 11 is 6.35. The third kappa shape index (κ3) is 4.78. The molecule has 2 saturated carbocycles. The summed E-state index contributed by atoms with van der Waals surface area (Å²) in [5.41, 5.74) is 3.42. The molecular formula is C34H28BrN3O5S2. The number of H-pyrrole nitrogens is 1. The van der Waals surface area contributed by atoms with Gasteiger partial charge in [0.25, 0.3) is 5.91 Å². The highest BCUT2D eigenvalue weighted by Gasteiger charge is 2.69. The fourth-order valence-electron chi connectivity index (χ4n) is 8.07. The first-order chi connectivity index (χ1) is 21.8. The molecule has 228 valence electrons. The third-order valence-electron chi connectivity index (χ3n) is 9.72. The molecule has 1 aromatic heterocycles. The van der Waals surface area contributed by atoms with Crippen LogP contribution < -0.4 is 19.8 Å². The standard InChI is InChI=1S/C34H28BrN3O5S2/c1-16-3-2-4-19(13-16)36-24(39)15-43-21-11-5-17(6-12-21)25-26-22-14-23(29(26)44-31-30(25)45-34(42)37-31)28-27(22)32(40)38(33(28)41)20-9-7-18(35)8-10-20/h2-13,22-23,25-29H,14-15H2,1H3,(H,36,39)(H,37,42)/t22-,23-,25-,26?,27?,28?,29?/m1/s1. The van der Waals surface area contributed by atoms with E-state index in [4.69, 9.17) is 4.74 Å². The van der Waals surface area contributed by atoms with Crippen molar-refractivity contribution in [1.29, 1.82) is 0 Å². The quantitative estimate of drug-likeness (QED) is 0.232. The zero-order valence-corrected chi connectivity index (χ0v) is 27.3. The fourth-order valence-corrected chi connectivity index (χ4v) is 11.2. The minimum absolute atomic E-state index is 0.0333. The predicted octanol–water partition coefficient (Wildman–Crippen LogP) is 6.20. The first-order valence-electron chi connectivity index (χ1n) is 14.9. The van der Waals surface area contributed by atoms with Gasteiger partial charge in [0.1, 0.15) is 5.75 Å². The Balaban J connectivity index is 1.05. The molecule has 2 N–H and O–H groups in total. The maximum absolute atomic E-state index is 13.9. The predicted molar refractivity (Wildman–Crippen MR) is 177 cm³/mol. The summed E-state index contributed by atoms with van der Waals surface area (Å²) < 4.78 is 6.69. The van der Waals surface area contributed by atoms with E-state index in [9.17, 15) is 19.2 Å². The van der Waals surface area contributed by atoms with Gasteiger partial charge in [0, 0.05) is 26.2 Å². The molecule has 2 aliphatic carbocycles. The summed E-state index contributed by atoms with van der Waals surface area (Å²) in [6, 6.07) is 22.6. The van der Waals surface area contributed by atoms with Gasteiger partial charge in [-0.05, 0) is 90.8 Å². The van der Waals surface area contributed by atoms with Gasteiger partial charge in [0.15, 0.2) is 6.61 Å². The normalized spacial score (nSPS) is 27.7. The van der Waals surface area contributed by atoms with Crippen LogP contribution >= 0.6 is 39.0 Å². The Morgan fingerprint density at radius 2 is 1.73 bits per heavy atom. The number of hydrogen-bond donors (Lipinski definition) is 2. The lowest BCUT2D eigenvalue weighted by atomic mass is 9.68. The van der Waals surface area contributed by atoms with Crippen molar-refractivity contribution in [3.8, 4) is 5.75 Å². The van der Waals surface area contributed by atoms with Crippen LogP contribution in [0.5, 0.6) is 5.75 Å². The van der Waals surface area contributed by atoms with Gasteiger partial charge >= 0.3 is 4.87 Å². The molecular weight excluding hydrogens is 674 g/mol. The Labute approximate surface area is 275 Å². The van der Waals surface area contributed by atoms with Gasteiger partial charge in [0.05, 0.1) is 22.5 Å². The van der Waals surface area contributed by atoms with Crippen molar-refractivity contribution in [3.63, 3.8) is 0 Å². The molecule has 45 heavy (non-hydrogen) atoms. The van der Waals surface area contributed by atoms with Crippen molar-refractivity contribution in [2.75, 3.05) is 16.8 Å². The Kier molecular flexibility index (Phi) is 7.03. The number of aromatic amines is 1. The average molecular weight is 703 g/mol. The van der Waals surface area contributed by atoms with Crippen LogP contribution in [0.15, 0.2) is 87.1 Å². The second-order valence-electron chi connectivity index (χ2n) is 12.2. The maximum atomic E-state index is 13.9. The minimum Gasteiger partial charge on any atom is -0.484 e. The number of imide groups is 1. The lowest BCUT2D eigenvalue weighted by molar-refractivity contribution is -0.123. The Bertz CT molecular complexity index is 1910. The van der Waals surface area contributed by atoms with Gasteiger partial charge in [-0.2, -0.15) is 0 Å². The van der Waals surface area contributed by atoms with E-state index < -0.39 is 0 Å². The zero-order valence-electron chi connectivity index (χ0n) is 24.1. The van der Waals surface area contributed by atoms with E-state index in [1.165, 1.54) is 16.2 Å². The van der Waals surface area contributed by atoms with Crippen molar-refractivity contribution >= 4 is 68.1 Å². The van der Waals surface area contributed by atoms with Gasteiger partial charge in [0.2, 0.25) is 11.8 Å². The number of nitrogens with one attached hydrogen (secondary N) is 2.